The zero-order valence-corrected chi connectivity index (χ0v) is 18.5. The molecule has 1 saturated carbocycles. The number of hydroxylamine groups is 3. The van der Waals surface area contributed by atoms with Crippen LogP contribution in [0.1, 0.15) is 56.6 Å². The number of benzene rings is 2. The number of carbonyl (C=O) groups is 1. The number of nitrogens with one attached hydrogen (secondary N) is 1. The summed E-state index contributed by atoms with van der Waals surface area (Å²) in [7, 11) is 0. The van der Waals surface area contributed by atoms with Gasteiger partial charge in [-0.2, -0.15) is 5.48 Å². The van der Waals surface area contributed by atoms with Crippen molar-refractivity contribution in [3.63, 3.8) is 0 Å². The Kier molecular flexibility index (Phi) is 7.38. The molecular formula is C26H34N2O3. The molecule has 1 aliphatic carbocycles. The molecular weight excluding hydrogens is 388 g/mol. The van der Waals surface area contributed by atoms with Crippen molar-refractivity contribution in [3.8, 4) is 0 Å². The molecule has 0 aromatic heterocycles. The summed E-state index contributed by atoms with van der Waals surface area (Å²) >= 11 is 0. The minimum absolute atomic E-state index is 0.0646. The quantitative estimate of drug-likeness (QED) is 0.576. The average molecular weight is 423 g/mol. The second-order valence-corrected chi connectivity index (χ2v) is 9.20. The molecule has 2 atom stereocenters. The van der Waals surface area contributed by atoms with E-state index in [4.69, 9.17) is 9.68 Å². The van der Waals surface area contributed by atoms with Gasteiger partial charge in [0.25, 0.3) is 5.91 Å². The number of hydrogen-bond acceptors (Lipinski definition) is 4. The van der Waals surface area contributed by atoms with Gasteiger partial charge >= 0.3 is 0 Å². The number of carbonyl (C=O) groups excluding carboxylic acids is 1. The van der Waals surface area contributed by atoms with Gasteiger partial charge in [-0.1, -0.05) is 92.8 Å². The predicted octanol–water partition coefficient (Wildman–Crippen LogP) is 5.03. The molecule has 2 aliphatic rings. The van der Waals surface area contributed by atoms with Crippen LogP contribution in [0.4, 0.5) is 0 Å². The maximum Gasteiger partial charge on any atom is 0.253 e. The van der Waals surface area contributed by atoms with Crippen LogP contribution in [0.25, 0.3) is 0 Å². The van der Waals surface area contributed by atoms with Crippen LogP contribution in [-0.4, -0.2) is 23.6 Å². The lowest BCUT2D eigenvalue weighted by Crippen LogP contribution is -2.45. The fourth-order valence-corrected chi connectivity index (χ4v) is 4.91. The second kappa shape index (κ2) is 10.4. The molecule has 1 saturated heterocycles. The fourth-order valence-electron chi connectivity index (χ4n) is 4.91. The smallest absolute Gasteiger partial charge is 0.253 e. The van der Waals surface area contributed by atoms with Gasteiger partial charge in [0.2, 0.25) is 0 Å². The zero-order chi connectivity index (χ0) is 21.5. The number of hydrogen-bond donors (Lipinski definition) is 1. The standard InChI is InChI=1S/C26H34N2O3/c1-26(17-21-11-5-2-6-12-21)24(27-30-19-22-13-7-3-8-14-22)18-28(25(26)29)31-20-23-15-9-4-10-16-23/h3-4,7-10,13-16,21,24,27H,2,5-6,11-12,17-20H2,1H3/t24-,26-/m0/s1. The van der Waals surface area contributed by atoms with Crippen LogP contribution in [0.3, 0.4) is 0 Å². The highest BCUT2D eigenvalue weighted by molar-refractivity contribution is 5.84. The Bertz CT molecular complexity index is 823. The first-order chi connectivity index (χ1) is 15.1. The van der Waals surface area contributed by atoms with E-state index < -0.39 is 5.41 Å². The number of amides is 1. The highest BCUT2D eigenvalue weighted by Crippen LogP contribution is 2.42. The molecule has 0 bridgehead atoms. The summed E-state index contributed by atoms with van der Waals surface area (Å²) in [5.74, 6) is 0.657. The molecule has 166 valence electrons. The summed E-state index contributed by atoms with van der Waals surface area (Å²) in [5, 5.41) is 1.55. The molecule has 2 fully saturated rings. The third kappa shape index (κ3) is 5.53. The lowest BCUT2D eigenvalue weighted by Gasteiger charge is -2.34. The van der Waals surface area contributed by atoms with Crippen molar-refractivity contribution < 1.29 is 14.5 Å². The van der Waals surface area contributed by atoms with Crippen LogP contribution < -0.4 is 5.48 Å². The Labute approximate surface area is 185 Å². The Morgan fingerprint density at radius 1 is 0.935 bits per heavy atom. The van der Waals surface area contributed by atoms with E-state index in [2.05, 4.69) is 12.4 Å². The third-order valence-corrected chi connectivity index (χ3v) is 6.81. The zero-order valence-electron chi connectivity index (χ0n) is 18.5. The van der Waals surface area contributed by atoms with Gasteiger partial charge in [-0.3, -0.25) is 14.5 Å². The van der Waals surface area contributed by atoms with Crippen molar-refractivity contribution in [2.45, 2.75) is 64.7 Å². The highest BCUT2D eigenvalue weighted by atomic mass is 16.7. The molecule has 31 heavy (non-hydrogen) atoms. The summed E-state index contributed by atoms with van der Waals surface area (Å²) in [4.78, 5) is 25.3. The van der Waals surface area contributed by atoms with Crippen molar-refractivity contribution in [2.24, 2.45) is 11.3 Å². The van der Waals surface area contributed by atoms with E-state index in [0.717, 1.165) is 17.5 Å². The summed E-state index contributed by atoms with van der Waals surface area (Å²) in [5.41, 5.74) is 4.85. The first kappa shape index (κ1) is 22.0. The molecule has 4 rings (SSSR count). The monoisotopic (exact) mass is 422 g/mol. The molecule has 1 N–H and O–H groups in total. The van der Waals surface area contributed by atoms with Gasteiger partial charge in [0, 0.05) is 0 Å². The predicted molar refractivity (Wildman–Crippen MR) is 120 cm³/mol. The van der Waals surface area contributed by atoms with Crippen molar-refractivity contribution >= 4 is 5.91 Å². The molecule has 2 aromatic rings. The normalized spacial score (nSPS) is 24.6. The van der Waals surface area contributed by atoms with Crippen LogP contribution in [0.15, 0.2) is 60.7 Å². The molecule has 1 amide bonds. The third-order valence-electron chi connectivity index (χ3n) is 6.81. The van der Waals surface area contributed by atoms with Gasteiger partial charge in [0.1, 0.15) is 6.61 Å². The van der Waals surface area contributed by atoms with Gasteiger partial charge in [-0.05, 0) is 30.4 Å². The molecule has 5 nitrogen and oxygen atoms in total. The van der Waals surface area contributed by atoms with Crippen molar-refractivity contribution in [1.82, 2.24) is 10.5 Å². The highest BCUT2D eigenvalue weighted by Gasteiger charge is 2.52. The maximum absolute atomic E-state index is 13.5. The van der Waals surface area contributed by atoms with E-state index in [9.17, 15) is 4.79 Å². The van der Waals surface area contributed by atoms with Crippen LogP contribution in [0, 0.1) is 11.3 Å². The van der Waals surface area contributed by atoms with E-state index in [1.807, 2.05) is 60.7 Å². The van der Waals surface area contributed by atoms with Gasteiger partial charge in [-0.15, -0.1) is 0 Å². The minimum Gasteiger partial charge on any atom is -0.297 e. The average Bonchev–Trinajstić information content (AvgIpc) is 3.04. The van der Waals surface area contributed by atoms with Gasteiger partial charge < -0.3 is 0 Å². The van der Waals surface area contributed by atoms with E-state index in [1.165, 1.54) is 32.1 Å². The van der Waals surface area contributed by atoms with Gasteiger partial charge in [0.15, 0.2) is 0 Å². The molecule has 1 heterocycles. The fraction of sp³-hybridized carbons (Fsp3) is 0.500. The van der Waals surface area contributed by atoms with Crippen LogP contribution in [-0.2, 0) is 27.7 Å². The van der Waals surface area contributed by atoms with Gasteiger partial charge in [0.05, 0.1) is 24.6 Å². The van der Waals surface area contributed by atoms with Crippen LogP contribution in [0.5, 0.6) is 0 Å². The lowest BCUT2D eigenvalue weighted by molar-refractivity contribution is -0.187. The van der Waals surface area contributed by atoms with Crippen molar-refractivity contribution in [2.75, 3.05) is 6.54 Å². The molecule has 1 aliphatic heterocycles. The van der Waals surface area contributed by atoms with E-state index in [0.29, 0.717) is 25.7 Å². The SMILES string of the molecule is C[C@@]1(CC2CCCCC2)C(=O)N(OCc2ccccc2)C[C@@H]1NOCc1ccccc1. The topological polar surface area (TPSA) is 50.8 Å². The summed E-state index contributed by atoms with van der Waals surface area (Å²) in [6.07, 6.45) is 7.16. The van der Waals surface area contributed by atoms with E-state index in [-0.39, 0.29) is 11.9 Å². The largest absolute Gasteiger partial charge is 0.297 e. The van der Waals surface area contributed by atoms with Crippen LogP contribution >= 0.6 is 0 Å². The molecule has 0 radical (unpaired) electrons. The Morgan fingerprint density at radius 2 is 1.55 bits per heavy atom. The maximum atomic E-state index is 13.5. The Balaban J connectivity index is 1.42. The van der Waals surface area contributed by atoms with Gasteiger partial charge in [-0.25, -0.2) is 5.06 Å². The van der Waals surface area contributed by atoms with E-state index in [1.54, 1.807) is 5.06 Å². The number of nitrogens with zero attached hydrogens (tertiary/aromatic N) is 1. The van der Waals surface area contributed by atoms with Crippen molar-refractivity contribution in [3.05, 3.63) is 71.8 Å². The minimum atomic E-state index is -0.532. The van der Waals surface area contributed by atoms with Crippen LogP contribution in [0.2, 0.25) is 0 Å². The summed E-state index contributed by atoms with van der Waals surface area (Å²) in [6, 6.07) is 20.0. The second-order valence-electron chi connectivity index (χ2n) is 9.20. The first-order valence-electron chi connectivity index (χ1n) is 11.6. The molecule has 0 spiro atoms. The summed E-state index contributed by atoms with van der Waals surface area (Å²) < 4.78 is 0. The molecule has 5 heteroatoms. The first-order valence-corrected chi connectivity index (χ1v) is 11.6. The number of rotatable bonds is 9. The molecule has 2 aromatic carbocycles. The Morgan fingerprint density at radius 3 is 2.19 bits per heavy atom. The summed E-state index contributed by atoms with van der Waals surface area (Å²) in [6.45, 7) is 3.43. The molecule has 0 unspecified atom stereocenters. The Hall–Kier alpha value is -2.21. The van der Waals surface area contributed by atoms with Crippen molar-refractivity contribution in [1.29, 1.82) is 0 Å². The van der Waals surface area contributed by atoms with E-state index >= 15 is 0 Å². The lowest BCUT2D eigenvalue weighted by atomic mass is 9.73.